The highest BCUT2D eigenvalue weighted by atomic mass is 16.2. The van der Waals surface area contributed by atoms with Crippen molar-refractivity contribution < 1.29 is 5.11 Å². The Labute approximate surface area is 112 Å². The highest BCUT2D eigenvalue weighted by Gasteiger charge is 2.01. The van der Waals surface area contributed by atoms with E-state index in [2.05, 4.69) is 30.4 Å². The zero-order chi connectivity index (χ0) is 14.4. The fourth-order valence-corrected chi connectivity index (χ4v) is 0.984. The van der Waals surface area contributed by atoms with Gasteiger partial charge < -0.3 is 5.32 Å². The lowest BCUT2D eigenvalue weighted by Crippen LogP contribution is -2.18. The molecule has 0 aliphatic carbocycles. The summed E-state index contributed by atoms with van der Waals surface area (Å²) in [6.45, 7) is 15.1. The number of aliphatic imine (C=N–C) groups is 1. The Balaban J connectivity index is 0. The van der Waals surface area contributed by atoms with E-state index in [0.29, 0.717) is 0 Å². The van der Waals surface area contributed by atoms with E-state index >= 15 is 0 Å². The maximum absolute atomic E-state index is 9.69. The van der Waals surface area contributed by atoms with Crippen LogP contribution in [0.25, 0.3) is 0 Å². The second kappa shape index (κ2) is 13.7. The first-order valence-electron chi connectivity index (χ1n) is 6.36. The first kappa shape index (κ1) is 19.0. The molecule has 3 nitrogen and oxygen atoms in total. The number of allylic oxidation sites excluding steroid dienone is 3. The fourth-order valence-electron chi connectivity index (χ4n) is 0.984. The van der Waals surface area contributed by atoms with Crippen LogP contribution in [0.2, 0.25) is 0 Å². The molecular weight excluding hydrogens is 224 g/mol. The van der Waals surface area contributed by atoms with Gasteiger partial charge in [0, 0.05) is 11.9 Å². The summed E-state index contributed by atoms with van der Waals surface area (Å²) in [5.41, 5.74) is 2.90. The molecular formula is C15H27N2O. The largest absolute Gasteiger partial charge is 0.357 e. The van der Waals surface area contributed by atoms with E-state index in [1.54, 1.807) is 12.3 Å². The lowest BCUT2D eigenvalue weighted by molar-refractivity contribution is 0.186. The van der Waals surface area contributed by atoms with E-state index < -0.39 is 0 Å². The third kappa shape index (κ3) is 12.7. The maximum atomic E-state index is 9.69. The smallest absolute Gasteiger partial charge is 0.0822 e. The zero-order valence-electron chi connectivity index (χ0n) is 12.3. The van der Waals surface area contributed by atoms with Crippen LogP contribution < -0.4 is 5.32 Å². The summed E-state index contributed by atoms with van der Waals surface area (Å²) in [6, 6.07) is 0. The van der Waals surface area contributed by atoms with E-state index in [-0.39, 0.29) is 6.61 Å². The third-order valence-corrected chi connectivity index (χ3v) is 1.98. The van der Waals surface area contributed by atoms with Gasteiger partial charge in [-0.25, -0.2) is 5.11 Å². The summed E-state index contributed by atoms with van der Waals surface area (Å²) in [6.07, 6.45) is 6.66. The molecule has 0 amide bonds. The zero-order valence-corrected chi connectivity index (χ0v) is 12.3. The molecule has 0 spiro atoms. The van der Waals surface area contributed by atoms with Crippen LogP contribution in [0.1, 0.15) is 47.0 Å². The molecule has 0 aromatic rings. The minimum absolute atomic E-state index is 0.105. The molecule has 1 heterocycles. The number of unbranched alkanes of at least 4 members (excludes halogenated alkanes) is 2. The molecule has 0 fully saturated rings. The second-order valence-corrected chi connectivity index (χ2v) is 3.95. The highest BCUT2D eigenvalue weighted by Crippen LogP contribution is 2.02. The topological polar surface area (TPSA) is 44.3 Å². The van der Waals surface area contributed by atoms with Gasteiger partial charge in [-0.1, -0.05) is 32.4 Å². The van der Waals surface area contributed by atoms with Crippen molar-refractivity contribution in [2.45, 2.75) is 47.0 Å². The van der Waals surface area contributed by atoms with Crippen molar-refractivity contribution >= 4 is 5.71 Å². The van der Waals surface area contributed by atoms with E-state index in [0.717, 1.165) is 36.4 Å². The van der Waals surface area contributed by atoms with E-state index in [9.17, 15) is 5.11 Å². The fraction of sp³-hybridized carbons (Fsp3) is 0.533. The first-order valence-corrected chi connectivity index (χ1v) is 6.36. The van der Waals surface area contributed by atoms with Gasteiger partial charge >= 0.3 is 0 Å². The molecule has 1 aliphatic heterocycles. The summed E-state index contributed by atoms with van der Waals surface area (Å²) in [7, 11) is 0. The minimum atomic E-state index is 0.105. The van der Waals surface area contributed by atoms with E-state index in [1.807, 2.05) is 20.8 Å². The Bertz CT molecular complexity index is 287. The first-order chi connectivity index (χ1) is 8.53. The number of hydrogen-bond acceptors (Lipinski definition) is 2. The molecule has 0 unspecified atom stereocenters. The number of nitrogens with one attached hydrogen (secondary N) is 1. The van der Waals surface area contributed by atoms with Crippen molar-refractivity contribution in [3.8, 4) is 0 Å². The summed E-state index contributed by atoms with van der Waals surface area (Å²) < 4.78 is 0. The van der Waals surface area contributed by atoms with Gasteiger partial charge in [0.15, 0.2) is 0 Å². The Hall–Kier alpha value is -1.35. The Kier molecular flexibility index (Phi) is 14.5. The summed E-state index contributed by atoms with van der Waals surface area (Å²) in [4.78, 5) is 4.08. The molecule has 0 saturated carbocycles. The number of hydrogen-bond donors (Lipinski definition) is 1. The van der Waals surface area contributed by atoms with Crippen LogP contribution in [0.5, 0.6) is 0 Å². The van der Waals surface area contributed by atoms with E-state index in [1.165, 1.54) is 0 Å². The molecule has 0 aromatic heterocycles. The van der Waals surface area contributed by atoms with Crippen molar-refractivity contribution in [1.29, 1.82) is 0 Å². The minimum Gasteiger partial charge on any atom is -0.357 e. The van der Waals surface area contributed by atoms with Crippen molar-refractivity contribution in [2.24, 2.45) is 4.99 Å². The van der Waals surface area contributed by atoms with Crippen molar-refractivity contribution in [1.82, 2.24) is 5.32 Å². The van der Waals surface area contributed by atoms with Crippen LogP contribution >= 0.6 is 0 Å². The monoisotopic (exact) mass is 251 g/mol. The lowest BCUT2D eigenvalue weighted by atomic mass is 10.3. The van der Waals surface area contributed by atoms with Gasteiger partial charge in [0.05, 0.1) is 18.0 Å². The van der Waals surface area contributed by atoms with Gasteiger partial charge in [-0.15, -0.1) is 6.58 Å². The average Bonchev–Trinajstić information content (AvgIpc) is 2.33. The molecule has 18 heavy (non-hydrogen) atoms. The number of nitrogens with zero attached hydrogens (tertiary/aromatic N) is 1. The molecule has 0 saturated heterocycles. The quantitative estimate of drug-likeness (QED) is 0.592. The Morgan fingerprint density at radius 3 is 2.22 bits per heavy atom. The van der Waals surface area contributed by atoms with Crippen molar-refractivity contribution in [3.63, 3.8) is 0 Å². The number of rotatable bonds is 3. The third-order valence-electron chi connectivity index (χ3n) is 1.98. The molecule has 1 aliphatic rings. The summed E-state index contributed by atoms with van der Waals surface area (Å²) in [5, 5.41) is 12.8. The van der Waals surface area contributed by atoms with Crippen LogP contribution in [0, 0.1) is 0 Å². The average molecular weight is 251 g/mol. The molecule has 1 radical (unpaired) electrons. The predicted octanol–water partition coefficient (Wildman–Crippen LogP) is 4.22. The van der Waals surface area contributed by atoms with Gasteiger partial charge in [0.2, 0.25) is 0 Å². The molecule has 103 valence electrons. The van der Waals surface area contributed by atoms with Crippen LogP contribution in [-0.2, 0) is 5.11 Å². The van der Waals surface area contributed by atoms with Crippen LogP contribution in [0.3, 0.4) is 0 Å². The molecule has 0 atom stereocenters. The predicted molar refractivity (Wildman–Crippen MR) is 80.1 cm³/mol. The van der Waals surface area contributed by atoms with Crippen molar-refractivity contribution in [2.75, 3.05) is 6.61 Å². The summed E-state index contributed by atoms with van der Waals surface area (Å²) in [5.74, 6) is 0. The van der Waals surface area contributed by atoms with Gasteiger partial charge in [-0.2, -0.15) is 0 Å². The molecule has 0 aromatic carbocycles. The Morgan fingerprint density at radius 2 is 1.94 bits per heavy atom. The molecule has 1 rings (SSSR count). The van der Waals surface area contributed by atoms with Gasteiger partial charge in [0.1, 0.15) is 0 Å². The normalized spacial score (nSPS) is 12.8. The standard InChI is InChI=1S/C7H10N2.C5H11O.C3H6/c1-5-4-8-6(2)7(3)9-5;1-2-3-4-5-6;1-3-2/h4,9H,3H2,1-2H3;2-5H2,1H3;3H,1H2,2H3. The SMILES string of the molecule is C=C1NC(C)=CN=C1C.C=CC.CCCCC[O]. The summed E-state index contributed by atoms with van der Waals surface area (Å²) >= 11 is 0. The molecule has 1 N–H and O–H groups in total. The maximum Gasteiger partial charge on any atom is 0.0822 e. The van der Waals surface area contributed by atoms with Gasteiger partial charge in [-0.05, 0) is 27.2 Å². The van der Waals surface area contributed by atoms with Gasteiger partial charge in [-0.3, -0.25) is 4.99 Å². The van der Waals surface area contributed by atoms with Crippen LogP contribution in [-0.4, -0.2) is 12.3 Å². The highest BCUT2D eigenvalue weighted by molar-refractivity contribution is 5.98. The van der Waals surface area contributed by atoms with Crippen molar-refractivity contribution in [3.05, 3.63) is 36.8 Å². The lowest BCUT2D eigenvalue weighted by Gasteiger charge is -2.12. The van der Waals surface area contributed by atoms with E-state index in [4.69, 9.17) is 0 Å². The molecule has 3 heteroatoms. The second-order valence-electron chi connectivity index (χ2n) is 3.95. The Morgan fingerprint density at radius 1 is 1.39 bits per heavy atom. The van der Waals surface area contributed by atoms with Crippen LogP contribution in [0.15, 0.2) is 41.8 Å². The molecule has 0 bridgehead atoms. The van der Waals surface area contributed by atoms with Crippen LogP contribution in [0.4, 0.5) is 0 Å². The van der Waals surface area contributed by atoms with Gasteiger partial charge in [0.25, 0.3) is 0 Å².